The van der Waals surface area contributed by atoms with Crippen molar-refractivity contribution in [1.82, 2.24) is 31.5 Å². The van der Waals surface area contributed by atoms with E-state index < -0.39 is 0 Å². The maximum Gasteiger partial charge on any atom is 0.115 e. The van der Waals surface area contributed by atoms with Gasteiger partial charge < -0.3 is 47.6 Å². The van der Waals surface area contributed by atoms with E-state index in [0.29, 0.717) is 12.6 Å². The van der Waals surface area contributed by atoms with Crippen molar-refractivity contribution in [3.8, 4) is 17.2 Å². The van der Waals surface area contributed by atoms with E-state index in [1.54, 1.807) is 36.4 Å². The Kier molecular flexibility index (Phi) is 19.1. The van der Waals surface area contributed by atoms with Crippen LogP contribution in [0.3, 0.4) is 0 Å². The quantitative estimate of drug-likeness (QED) is 0.0330. The number of nitrogens with one attached hydrogen (secondary N) is 5. The number of benzene rings is 5. The van der Waals surface area contributed by atoms with Crippen LogP contribution in [0.25, 0.3) is 0 Å². The second-order valence-corrected chi connectivity index (χ2v) is 17.2. The smallest absolute Gasteiger partial charge is 0.115 e. The summed E-state index contributed by atoms with van der Waals surface area (Å²) in [4.78, 5) is 2.69. The van der Waals surface area contributed by atoms with E-state index in [-0.39, 0.29) is 47.5 Å². The Morgan fingerprint density at radius 1 is 0.500 bits per heavy atom. The van der Waals surface area contributed by atoms with Crippen LogP contribution >= 0.6 is 0 Å². The van der Waals surface area contributed by atoms with Gasteiger partial charge in [0.15, 0.2) is 0 Å². The van der Waals surface area contributed by atoms with Crippen molar-refractivity contribution in [2.24, 2.45) is 5.73 Å². The third-order valence-electron chi connectivity index (χ3n) is 12.2. The Morgan fingerprint density at radius 2 is 0.887 bits per heavy atom. The van der Waals surface area contributed by atoms with Crippen molar-refractivity contribution in [3.63, 3.8) is 0 Å². The maximum atomic E-state index is 10.0. The van der Waals surface area contributed by atoms with Crippen molar-refractivity contribution >= 4 is 0 Å². The summed E-state index contributed by atoms with van der Waals surface area (Å²) in [5, 5.41) is 49.3. The van der Waals surface area contributed by atoms with Gasteiger partial charge in [-0.25, -0.2) is 0 Å². The van der Waals surface area contributed by atoms with Gasteiger partial charge in [-0.1, -0.05) is 104 Å². The van der Waals surface area contributed by atoms with Crippen molar-refractivity contribution in [1.29, 1.82) is 0 Å². The minimum atomic E-state index is 0.155. The summed E-state index contributed by atoms with van der Waals surface area (Å²) in [7, 11) is 0. The molecular weight excluding hydrogens is 771 g/mol. The van der Waals surface area contributed by atoms with Crippen molar-refractivity contribution < 1.29 is 15.3 Å². The number of phenols is 3. The molecule has 0 aromatic heterocycles. The summed E-state index contributed by atoms with van der Waals surface area (Å²) < 4.78 is 0. The average molecular weight is 842 g/mol. The summed E-state index contributed by atoms with van der Waals surface area (Å²) in [5.74, 6) is 0.848. The zero-order chi connectivity index (χ0) is 43.4. The molecule has 1 fully saturated rings. The Balaban J connectivity index is 1.12. The Morgan fingerprint density at radius 3 is 1.35 bits per heavy atom. The lowest BCUT2D eigenvalue weighted by molar-refractivity contribution is 0.211. The van der Waals surface area contributed by atoms with Crippen LogP contribution in [0.5, 0.6) is 17.2 Å². The van der Waals surface area contributed by atoms with E-state index >= 15 is 0 Å². The molecule has 0 unspecified atom stereocenters. The Bertz CT molecular complexity index is 1950. The third kappa shape index (κ3) is 16.2. The first-order valence-electron chi connectivity index (χ1n) is 22.8. The summed E-state index contributed by atoms with van der Waals surface area (Å²) in [6.45, 7) is 8.86. The topological polar surface area (TPSA) is 150 Å². The van der Waals surface area contributed by atoms with Crippen molar-refractivity contribution in [2.75, 3.05) is 52.4 Å². The van der Waals surface area contributed by atoms with Gasteiger partial charge in [0.2, 0.25) is 0 Å². The van der Waals surface area contributed by atoms with Gasteiger partial charge in [0.25, 0.3) is 0 Å². The fraction of sp³-hybridized carbons (Fsp3) is 0.423. The van der Waals surface area contributed by atoms with E-state index in [2.05, 4.69) is 99.1 Å². The molecule has 1 aliphatic heterocycles. The predicted molar refractivity (Wildman–Crippen MR) is 254 cm³/mol. The number of nitrogens with two attached hydrogens (primary N) is 1. The van der Waals surface area contributed by atoms with Gasteiger partial charge in [0.05, 0.1) is 0 Å². The molecule has 62 heavy (non-hydrogen) atoms. The molecule has 6 atom stereocenters. The fourth-order valence-corrected chi connectivity index (χ4v) is 8.80. The summed E-state index contributed by atoms with van der Waals surface area (Å²) in [6.07, 6.45) is 6.68. The molecule has 332 valence electrons. The first-order valence-corrected chi connectivity index (χ1v) is 22.8. The van der Waals surface area contributed by atoms with E-state index in [1.807, 2.05) is 36.4 Å². The maximum absolute atomic E-state index is 10.0. The van der Waals surface area contributed by atoms with Gasteiger partial charge >= 0.3 is 0 Å². The molecule has 0 amide bonds. The largest absolute Gasteiger partial charge is 0.508 e. The van der Waals surface area contributed by atoms with E-state index in [0.717, 1.165) is 84.3 Å². The predicted octanol–water partition coefficient (Wildman–Crippen LogP) is 5.55. The van der Waals surface area contributed by atoms with Crippen LogP contribution in [0.1, 0.15) is 47.6 Å². The van der Waals surface area contributed by atoms with Crippen LogP contribution in [-0.2, 0) is 32.1 Å². The highest BCUT2D eigenvalue weighted by atomic mass is 16.3. The molecule has 10 N–H and O–H groups in total. The van der Waals surface area contributed by atoms with Gasteiger partial charge in [-0.3, -0.25) is 4.90 Å². The summed E-state index contributed by atoms with van der Waals surface area (Å²) in [6, 6.07) is 45.5. The van der Waals surface area contributed by atoms with Crippen LogP contribution in [0.15, 0.2) is 133 Å². The SMILES string of the molecule is CCN[C@H](CN[C@H](CN[C@@H](Cc1ccccc1)CN1CCC[C@H]1CN[C@H](CN[C@H](CN)Cc1ccccc1)Cc1ccc(O)cc1)Cc1ccc(O)cc1)Cc1ccc(O)cc1. The molecule has 1 heterocycles. The van der Waals surface area contributed by atoms with Gasteiger partial charge in [-0.15, -0.1) is 0 Å². The van der Waals surface area contributed by atoms with Crippen molar-refractivity contribution in [3.05, 3.63) is 161 Å². The molecule has 0 saturated carbocycles. The van der Waals surface area contributed by atoms with Crippen LogP contribution in [0.2, 0.25) is 0 Å². The second-order valence-electron chi connectivity index (χ2n) is 17.2. The molecule has 1 aliphatic rings. The summed E-state index contributed by atoms with van der Waals surface area (Å²) >= 11 is 0. The summed E-state index contributed by atoms with van der Waals surface area (Å²) in [5.41, 5.74) is 12.5. The van der Waals surface area contributed by atoms with E-state index in [4.69, 9.17) is 5.73 Å². The number of aromatic hydroxyl groups is 3. The van der Waals surface area contributed by atoms with E-state index in [1.165, 1.54) is 34.2 Å². The first-order chi connectivity index (χ1) is 30.3. The minimum absolute atomic E-state index is 0.155. The molecule has 1 saturated heterocycles. The molecular formula is C52H71N7O3. The number of hydrogen-bond donors (Lipinski definition) is 9. The number of rotatable bonds is 27. The zero-order valence-electron chi connectivity index (χ0n) is 36.6. The second kappa shape index (κ2) is 25.4. The van der Waals surface area contributed by atoms with Crippen LogP contribution < -0.4 is 32.3 Å². The lowest BCUT2D eigenvalue weighted by Gasteiger charge is -2.33. The molecule has 10 nitrogen and oxygen atoms in total. The number of nitrogens with zero attached hydrogens (tertiary/aromatic N) is 1. The van der Waals surface area contributed by atoms with Gasteiger partial charge in [-0.2, -0.15) is 0 Å². The molecule has 0 aliphatic carbocycles. The van der Waals surface area contributed by atoms with Gasteiger partial charge in [0.1, 0.15) is 17.2 Å². The zero-order valence-corrected chi connectivity index (χ0v) is 36.6. The molecule has 5 aromatic rings. The van der Waals surface area contributed by atoms with Crippen LogP contribution in [0.4, 0.5) is 0 Å². The highest BCUT2D eigenvalue weighted by Gasteiger charge is 2.28. The fourth-order valence-electron chi connectivity index (χ4n) is 8.80. The number of phenolic OH excluding ortho intramolecular Hbond substituents is 3. The average Bonchev–Trinajstić information content (AvgIpc) is 3.74. The standard InChI is InChI=1S/C52H71N7O3/c1-2-54-45(29-41-15-21-50(60)22-16-41)34-56-46(30-42-17-23-51(61)24-18-42)36-57-48(32-40-12-7-4-8-13-40)38-59-27-9-14-49(59)37-58-47(31-43-19-25-52(62)26-20-43)35-55-44(33-53)28-39-10-5-3-6-11-39/h3-8,10-13,15-26,44-49,54-58,60-62H,2,9,14,27-38,53H2,1H3/t44-,45-,46-,47-,48-,49-/m0/s1. The highest BCUT2D eigenvalue weighted by Crippen LogP contribution is 2.20. The monoisotopic (exact) mass is 842 g/mol. The van der Waals surface area contributed by atoms with Gasteiger partial charge in [-0.05, 0) is 122 Å². The molecule has 0 radical (unpaired) electrons. The number of likely N-dealkylation sites (N-methyl/N-ethyl adjacent to an activating group) is 1. The van der Waals surface area contributed by atoms with Crippen molar-refractivity contribution in [2.45, 2.75) is 88.1 Å². The molecule has 5 aromatic carbocycles. The molecule has 0 spiro atoms. The lowest BCUT2D eigenvalue weighted by Crippen LogP contribution is -2.53. The molecule has 0 bridgehead atoms. The van der Waals surface area contributed by atoms with Crippen LogP contribution in [-0.4, -0.2) is 109 Å². The Labute approximate surface area is 370 Å². The minimum Gasteiger partial charge on any atom is -0.508 e. The third-order valence-corrected chi connectivity index (χ3v) is 12.2. The lowest BCUT2D eigenvalue weighted by atomic mass is 10.0. The molecule has 6 rings (SSSR count). The van der Waals surface area contributed by atoms with Gasteiger partial charge in [0, 0.05) is 75.5 Å². The number of hydrogen-bond acceptors (Lipinski definition) is 10. The normalized spacial score (nSPS) is 16.8. The van der Waals surface area contributed by atoms with Crippen LogP contribution in [0, 0.1) is 0 Å². The molecule has 10 heteroatoms. The first kappa shape index (κ1) is 46.7. The van der Waals surface area contributed by atoms with E-state index in [9.17, 15) is 15.3 Å². The highest BCUT2D eigenvalue weighted by molar-refractivity contribution is 5.28. The Hall–Kier alpha value is -4.78. The number of likely N-dealkylation sites (tertiary alicyclic amines) is 1.